The normalized spacial score (nSPS) is 10.4. The quantitative estimate of drug-likeness (QED) is 0.275. The van der Waals surface area contributed by atoms with Gasteiger partial charge in [-0.1, -0.05) is 17.5 Å². The Morgan fingerprint density at radius 2 is 1.78 bits per heavy atom. The molecule has 2 radical (unpaired) electrons. The van der Waals surface area contributed by atoms with Crippen LogP contribution in [0.4, 0.5) is 0 Å². The predicted octanol–water partition coefficient (Wildman–Crippen LogP) is 3.53. The second-order valence-electron chi connectivity index (χ2n) is 4.79. The molecule has 0 atom stereocenters. The Morgan fingerprint density at radius 3 is 2.65 bits per heavy atom. The van der Waals surface area contributed by atoms with Crippen LogP contribution in [-0.4, -0.2) is 18.8 Å². The Bertz CT molecular complexity index is 1110. The van der Waals surface area contributed by atoms with Crippen molar-refractivity contribution in [3.05, 3.63) is 68.4 Å². The fourth-order valence-electron chi connectivity index (χ4n) is 2.86. The Balaban J connectivity index is 0.000000640. The van der Waals surface area contributed by atoms with Gasteiger partial charge in [0.2, 0.25) is 5.78 Å². The molecule has 4 nitrogen and oxygen atoms in total. The molecule has 0 N–H and O–H groups in total. The summed E-state index contributed by atoms with van der Waals surface area (Å²) < 4.78 is 4.18. The van der Waals surface area contributed by atoms with Gasteiger partial charge in [-0.2, -0.15) is 0 Å². The molecule has 0 spiro atoms. The average Bonchev–Trinajstić information content (AvgIpc) is 3.12. The van der Waals surface area contributed by atoms with E-state index in [1.54, 1.807) is 6.20 Å². The van der Waals surface area contributed by atoms with E-state index in [4.69, 9.17) is 4.98 Å². The SMILES string of the molecule is [CH3-].[Ir].[Y].[c-]1cccc2c1c1nccn1c1nc3ccccc3n21. The molecule has 3 heterocycles. The minimum atomic E-state index is 0. The number of rotatable bonds is 0. The van der Waals surface area contributed by atoms with Crippen LogP contribution >= 0.6 is 0 Å². The molecule has 0 aliphatic heterocycles. The molecule has 0 saturated heterocycles. The fraction of sp³-hybridized carbons (Fsp3) is 0. The summed E-state index contributed by atoms with van der Waals surface area (Å²) >= 11 is 0. The molecule has 3 aromatic heterocycles. The van der Waals surface area contributed by atoms with Crippen LogP contribution in [0.5, 0.6) is 0 Å². The number of nitrogens with zero attached hydrogens (tertiary/aromatic N) is 4. The molecule has 0 bridgehead atoms. The van der Waals surface area contributed by atoms with Gasteiger partial charge < -0.3 is 16.2 Å². The summed E-state index contributed by atoms with van der Waals surface area (Å²) in [5.74, 6) is 0.880. The number of hydrogen-bond donors (Lipinski definition) is 0. The summed E-state index contributed by atoms with van der Waals surface area (Å²) in [7, 11) is 0. The third-order valence-electron chi connectivity index (χ3n) is 3.70. The van der Waals surface area contributed by atoms with E-state index in [1.165, 1.54) is 0 Å². The molecular weight excluding hydrogens is 541 g/mol. The van der Waals surface area contributed by atoms with Gasteiger partial charge in [0.1, 0.15) is 0 Å². The van der Waals surface area contributed by atoms with Crippen molar-refractivity contribution in [1.29, 1.82) is 0 Å². The van der Waals surface area contributed by atoms with Crippen LogP contribution in [0.25, 0.3) is 33.4 Å². The zero-order valence-corrected chi connectivity index (χ0v) is 17.6. The van der Waals surface area contributed by atoms with Crippen molar-refractivity contribution in [3.8, 4) is 0 Å². The van der Waals surface area contributed by atoms with Crippen LogP contribution in [0.3, 0.4) is 0 Å². The number of para-hydroxylation sites is 2. The van der Waals surface area contributed by atoms with Gasteiger partial charge in [-0.25, -0.2) is 4.98 Å². The first-order valence-corrected chi connectivity index (χ1v) is 6.46. The van der Waals surface area contributed by atoms with Crippen LogP contribution < -0.4 is 0 Å². The van der Waals surface area contributed by atoms with E-state index in [9.17, 15) is 0 Å². The Labute approximate surface area is 172 Å². The molecule has 2 aromatic carbocycles. The van der Waals surface area contributed by atoms with Crippen LogP contribution in [0.1, 0.15) is 0 Å². The first-order chi connectivity index (χ1) is 9.93. The van der Waals surface area contributed by atoms with Gasteiger partial charge in [-0.05, 0) is 17.6 Å². The minimum Gasteiger partial charge on any atom is -0.358 e. The van der Waals surface area contributed by atoms with E-state index >= 15 is 0 Å². The molecule has 0 saturated carbocycles. The van der Waals surface area contributed by atoms with Crippen LogP contribution in [-0.2, 0) is 52.8 Å². The zero-order valence-electron chi connectivity index (χ0n) is 12.4. The van der Waals surface area contributed by atoms with Crippen molar-refractivity contribution in [2.24, 2.45) is 0 Å². The summed E-state index contributed by atoms with van der Waals surface area (Å²) in [6.45, 7) is 0. The maximum absolute atomic E-state index is 4.74. The summed E-state index contributed by atoms with van der Waals surface area (Å²) in [6, 6.07) is 17.5. The monoisotopic (exact) mass is 554 g/mol. The van der Waals surface area contributed by atoms with Crippen LogP contribution in [0.2, 0.25) is 0 Å². The van der Waals surface area contributed by atoms with E-state index < -0.39 is 0 Å². The second kappa shape index (κ2) is 6.78. The summed E-state index contributed by atoms with van der Waals surface area (Å²) in [5.41, 5.74) is 4.06. The van der Waals surface area contributed by atoms with Crippen molar-refractivity contribution >= 4 is 33.4 Å². The van der Waals surface area contributed by atoms with Gasteiger partial charge in [-0.15, -0.1) is 24.3 Å². The molecule has 0 unspecified atom stereocenters. The van der Waals surface area contributed by atoms with Gasteiger partial charge >= 0.3 is 0 Å². The van der Waals surface area contributed by atoms with Gasteiger partial charge in [0.05, 0.1) is 16.7 Å². The summed E-state index contributed by atoms with van der Waals surface area (Å²) in [4.78, 5) is 9.18. The number of fused-ring (bicyclic) bond motifs is 8. The largest absolute Gasteiger partial charge is 0.358 e. The first kappa shape index (κ1) is 18.2. The molecular formula is C17H12IrN4Y-2. The second-order valence-corrected chi connectivity index (χ2v) is 4.79. The number of aromatic nitrogens is 4. The van der Waals surface area contributed by atoms with Crippen molar-refractivity contribution in [2.45, 2.75) is 0 Å². The van der Waals surface area contributed by atoms with Gasteiger partial charge in [0.25, 0.3) is 0 Å². The molecule has 0 amide bonds. The van der Waals surface area contributed by atoms with E-state index in [0.717, 1.165) is 33.4 Å². The van der Waals surface area contributed by atoms with Gasteiger partial charge in [0, 0.05) is 65.2 Å². The van der Waals surface area contributed by atoms with E-state index in [0.29, 0.717) is 0 Å². The molecule has 0 fully saturated rings. The van der Waals surface area contributed by atoms with Crippen LogP contribution in [0.15, 0.2) is 54.9 Å². The maximum atomic E-state index is 4.74. The molecule has 6 heteroatoms. The van der Waals surface area contributed by atoms with Crippen molar-refractivity contribution in [3.63, 3.8) is 0 Å². The number of benzene rings is 2. The Morgan fingerprint density at radius 1 is 1.00 bits per heavy atom. The standard InChI is InChI=1S/C16H9N4.CH3.Ir.Y/c1-3-7-13-11(5-1)15-17-9-10-19(15)16-18-12-6-2-4-8-14(12)20(13)16;;;/h1-4,6-10H;1H3;;/q2*-1;;. The zero-order chi connectivity index (χ0) is 13.1. The summed E-state index contributed by atoms with van der Waals surface area (Å²) in [5, 5.41) is 1.01. The van der Waals surface area contributed by atoms with Crippen molar-refractivity contribution in [1.82, 2.24) is 18.8 Å². The number of imidazole rings is 2. The van der Waals surface area contributed by atoms with Gasteiger partial charge in [0.15, 0.2) is 0 Å². The van der Waals surface area contributed by atoms with Crippen molar-refractivity contribution in [2.75, 3.05) is 0 Å². The molecule has 5 aromatic rings. The minimum absolute atomic E-state index is 0. The van der Waals surface area contributed by atoms with Gasteiger partial charge in [-0.3, -0.25) is 4.98 Å². The first-order valence-electron chi connectivity index (χ1n) is 6.46. The average molecular weight is 553 g/mol. The predicted molar refractivity (Wildman–Crippen MR) is 84.2 cm³/mol. The molecule has 5 rings (SSSR count). The smallest absolute Gasteiger partial charge is 0.203 e. The Kier molecular flexibility index (Phi) is 5.37. The summed E-state index contributed by atoms with van der Waals surface area (Å²) in [6.07, 6.45) is 3.74. The Hall–Kier alpha value is -1.13. The molecule has 0 aliphatic carbocycles. The molecule has 23 heavy (non-hydrogen) atoms. The third-order valence-corrected chi connectivity index (χ3v) is 3.70. The van der Waals surface area contributed by atoms with E-state index in [2.05, 4.69) is 27.6 Å². The number of hydrogen-bond acceptors (Lipinski definition) is 2. The molecule has 0 aliphatic rings. The topological polar surface area (TPSA) is 34.6 Å². The van der Waals surface area contributed by atoms with E-state index in [1.807, 2.05) is 40.9 Å². The van der Waals surface area contributed by atoms with Crippen molar-refractivity contribution < 1.29 is 52.8 Å². The maximum Gasteiger partial charge on any atom is 0.203 e. The fourth-order valence-corrected chi connectivity index (χ4v) is 2.86. The van der Waals surface area contributed by atoms with Crippen LogP contribution in [0, 0.1) is 13.5 Å². The van der Waals surface area contributed by atoms with E-state index in [-0.39, 0.29) is 60.2 Å². The molecule has 114 valence electrons. The third kappa shape index (κ3) is 2.47.